The number of alkyl halides is 1. The standard InChI is InChI=1S/C14H27FN2/c1-3-11(2)14-9-16-13(12-5-6-12)10-17(14)8-4-7-15/h11-14,16H,3-10H2,1-2H3. The molecule has 2 fully saturated rings. The summed E-state index contributed by atoms with van der Waals surface area (Å²) in [5.74, 6) is 1.61. The van der Waals surface area contributed by atoms with Crippen LogP contribution in [0.15, 0.2) is 0 Å². The molecule has 0 bridgehead atoms. The van der Waals surface area contributed by atoms with Crippen molar-refractivity contribution in [2.45, 2.75) is 51.6 Å². The van der Waals surface area contributed by atoms with Gasteiger partial charge in [0.2, 0.25) is 0 Å². The van der Waals surface area contributed by atoms with Gasteiger partial charge in [-0.25, -0.2) is 0 Å². The zero-order chi connectivity index (χ0) is 12.3. The molecule has 0 aromatic heterocycles. The SMILES string of the molecule is CCC(C)C1CNC(C2CC2)CN1CCCF. The maximum Gasteiger partial charge on any atom is 0.0906 e. The predicted molar refractivity (Wildman–Crippen MR) is 69.9 cm³/mol. The van der Waals surface area contributed by atoms with Gasteiger partial charge in [-0.15, -0.1) is 0 Å². The number of rotatable bonds is 6. The Bertz CT molecular complexity index is 230. The molecule has 0 amide bonds. The van der Waals surface area contributed by atoms with Crippen molar-refractivity contribution < 1.29 is 4.39 Å². The fourth-order valence-electron chi connectivity index (χ4n) is 3.02. The summed E-state index contributed by atoms with van der Waals surface area (Å²) in [7, 11) is 0. The maximum absolute atomic E-state index is 12.4. The minimum atomic E-state index is -0.175. The van der Waals surface area contributed by atoms with Crippen molar-refractivity contribution in [2.75, 3.05) is 26.3 Å². The van der Waals surface area contributed by atoms with Gasteiger partial charge in [-0.1, -0.05) is 20.3 Å². The normalized spacial score (nSPS) is 32.6. The quantitative estimate of drug-likeness (QED) is 0.769. The van der Waals surface area contributed by atoms with Crippen molar-refractivity contribution in [3.63, 3.8) is 0 Å². The van der Waals surface area contributed by atoms with Crippen LogP contribution in [-0.4, -0.2) is 43.3 Å². The molecule has 100 valence electrons. The molecule has 1 aliphatic heterocycles. The average molecular weight is 242 g/mol. The summed E-state index contributed by atoms with van der Waals surface area (Å²) in [5.41, 5.74) is 0. The predicted octanol–water partition coefficient (Wildman–Crippen LogP) is 2.44. The van der Waals surface area contributed by atoms with Crippen LogP contribution in [0.2, 0.25) is 0 Å². The minimum absolute atomic E-state index is 0.175. The third kappa shape index (κ3) is 3.41. The van der Waals surface area contributed by atoms with Crippen LogP contribution in [0.25, 0.3) is 0 Å². The van der Waals surface area contributed by atoms with Crippen LogP contribution in [-0.2, 0) is 0 Å². The topological polar surface area (TPSA) is 15.3 Å². The zero-order valence-corrected chi connectivity index (χ0v) is 11.3. The molecule has 1 saturated heterocycles. The highest BCUT2D eigenvalue weighted by atomic mass is 19.1. The van der Waals surface area contributed by atoms with Gasteiger partial charge < -0.3 is 5.32 Å². The number of nitrogens with one attached hydrogen (secondary N) is 1. The van der Waals surface area contributed by atoms with Gasteiger partial charge >= 0.3 is 0 Å². The van der Waals surface area contributed by atoms with Gasteiger partial charge in [-0.3, -0.25) is 9.29 Å². The Balaban J connectivity index is 1.90. The molecule has 0 spiro atoms. The molecule has 2 nitrogen and oxygen atoms in total. The summed E-state index contributed by atoms with van der Waals surface area (Å²) in [6.07, 6.45) is 4.70. The highest BCUT2D eigenvalue weighted by molar-refractivity contribution is 4.95. The minimum Gasteiger partial charge on any atom is -0.311 e. The molecule has 17 heavy (non-hydrogen) atoms. The molecule has 1 heterocycles. The first-order valence-corrected chi connectivity index (χ1v) is 7.29. The van der Waals surface area contributed by atoms with Crippen molar-refractivity contribution in [2.24, 2.45) is 11.8 Å². The molecule has 0 aromatic carbocycles. The molecule has 1 saturated carbocycles. The Kier molecular flexibility index (Phi) is 4.80. The zero-order valence-electron chi connectivity index (χ0n) is 11.3. The lowest BCUT2D eigenvalue weighted by molar-refractivity contribution is 0.0826. The van der Waals surface area contributed by atoms with Crippen LogP contribution in [0.1, 0.15) is 39.5 Å². The van der Waals surface area contributed by atoms with E-state index in [1.807, 2.05) is 0 Å². The molecule has 0 aromatic rings. The lowest BCUT2D eigenvalue weighted by atomic mass is 9.93. The molecule has 2 aliphatic rings. The van der Waals surface area contributed by atoms with Crippen molar-refractivity contribution in [3.8, 4) is 0 Å². The number of hydrogen-bond acceptors (Lipinski definition) is 2. The van der Waals surface area contributed by atoms with E-state index in [-0.39, 0.29) is 6.67 Å². The highest BCUT2D eigenvalue weighted by Crippen LogP contribution is 2.35. The molecule has 1 aliphatic carbocycles. The second-order valence-corrected chi connectivity index (χ2v) is 5.84. The molecule has 2 rings (SSSR count). The molecular formula is C14H27FN2. The monoisotopic (exact) mass is 242 g/mol. The fourth-order valence-corrected chi connectivity index (χ4v) is 3.02. The molecule has 3 unspecified atom stereocenters. The van der Waals surface area contributed by atoms with E-state index in [4.69, 9.17) is 0 Å². The summed E-state index contributed by atoms with van der Waals surface area (Å²) >= 11 is 0. The lowest BCUT2D eigenvalue weighted by Crippen LogP contribution is -2.59. The summed E-state index contributed by atoms with van der Waals surface area (Å²) in [6, 6.07) is 1.29. The van der Waals surface area contributed by atoms with Crippen molar-refractivity contribution >= 4 is 0 Å². The van der Waals surface area contributed by atoms with Crippen LogP contribution < -0.4 is 5.32 Å². The Hall–Kier alpha value is -0.150. The van der Waals surface area contributed by atoms with Crippen LogP contribution in [0.3, 0.4) is 0 Å². The Morgan fingerprint density at radius 2 is 2.18 bits per heavy atom. The summed E-state index contributed by atoms with van der Waals surface area (Å²) < 4.78 is 12.4. The van der Waals surface area contributed by atoms with E-state index in [9.17, 15) is 4.39 Å². The van der Waals surface area contributed by atoms with Crippen molar-refractivity contribution in [3.05, 3.63) is 0 Å². The molecular weight excluding hydrogens is 215 g/mol. The van der Waals surface area contributed by atoms with Crippen LogP contribution >= 0.6 is 0 Å². The van der Waals surface area contributed by atoms with E-state index >= 15 is 0 Å². The average Bonchev–Trinajstić information content (AvgIpc) is 3.19. The Labute approximate surface area is 105 Å². The van der Waals surface area contributed by atoms with Crippen LogP contribution in [0, 0.1) is 11.8 Å². The Morgan fingerprint density at radius 3 is 2.76 bits per heavy atom. The van der Waals surface area contributed by atoms with Crippen molar-refractivity contribution in [1.82, 2.24) is 10.2 Å². The van der Waals surface area contributed by atoms with Gasteiger partial charge in [-0.2, -0.15) is 0 Å². The van der Waals surface area contributed by atoms with E-state index in [2.05, 4.69) is 24.1 Å². The first-order valence-electron chi connectivity index (χ1n) is 7.29. The van der Waals surface area contributed by atoms with Crippen LogP contribution in [0.4, 0.5) is 4.39 Å². The summed E-state index contributed by atoms with van der Waals surface area (Å²) in [5, 5.41) is 3.72. The largest absolute Gasteiger partial charge is 0.311 e. The second kappa shape index (κ2) is 6.14. The summed E-state index contributed by atoms with van der Waals surface area (Å²) in [6.45, 7) is 7.58. The van der Waals surface area contributed by atoms with E-state index in [0.717, 1.165) is 25.6 Å². The summed E-state index contributed by atoms with van der Waals surface area (Å²) in [4.78, 5) is 2.55. The first-order chi connectivity index (χ1) is 8.26. The molecule has 3 heteroatoms. The number of halogens is 1. The van der Waals surface area contributed by atoms with E-state index in [0.29, 0.717) is 24.4 Å². The van der Waals surface area contributed by atoms with E-state index < -0.39 is 0 Å². The first kappa shape index (κ1) is 13.3. The third-order valence-electron chi connectivity index (χ3n) is 4.56. The van der Waals surface area contributed by atoms with Gasteiger partial charge in [0, 0.05) is 31.7 Å². The number of piperazine rings is 1. The van der Waals surface area contributed by atoms with Gasteiger partial charge in [0.05, 0.1) is 6.67 Å². The van der Waals surface area contributed by atoms with E-state index in [1.54, 1.807) is 0 Å². The molecule has 0 radical (unpaired) electrons. The molecule has 3 atom stereocenters. The molecule has 1 N–H and O–H groups in total. The van der Waals surface area contributed by atoms with E-state index in [1.165, 1.54) is 19.3 Å². The van der Waals surface area contributed by atoms with Crippen LogP contribution in [0.5, 0.6) is 0 Å². The highest BCUT2D eigenvalue weighted by Gasteiger charge is 2.37. The number of nitrogens with zero attached hydrogens (tertiary/aromatic N) is 1. The Morgan fingerprint density at radius 1 is 1.41 bits per heavy atom. The fraction of sp³-hybridized carbons (Fsp3) is 1.00. The second-order valence-electron chi connectivity index (χ2n) is 5.84. The lowest BCUT2D eigenvalue weighted by Gasteiger charge is -2.43. The van der Waals surface area contributed by atoms with Gasteiger partial charge in [0.25, 0.3) is 0 Å². The van der Waals surface area contributed by atoms with Gasteiger partial charge in [0.15, 0.2) is 0 Å². The third-order valence-corrected chi connectivity index (χ3v) is 4.56. The van der Waals surface area contributed by atoms with Gasteiger partial charge in [0.1, 0.15) is 0 Å². The van der Waals surface area contributed by atoms with Gasteiger partial charge in [-0.05, 0) is 31.1 Å². The maximum atomic E-state index is 12.4. The smallest absolute Gasteiger partial charge is 0.0906 e. The number of hydrogen-bond donors (Lipinski definition) is 1. The van der Waals surface area contributed by atoms with Crippen molar-refractivity contribution in [1.29, 1.82) is 0 Å².